The molecule has 26 heavy (non-hydrogen) atoms. The summed E-state index contributed by atoms with van der Waals surface area (Å²) in [4.78, 5) is 0. The molecule has 0 saturated carbocycles. The Morgan fingerprint density at radius 2 is 1.88 bits per heavy atom. The normalized spacial score (nSPS) is 21.2. The van der Waals surface area contributed by atoms with Gasteiger partial charge in [-0.15, -0.1) is 0 Å². The Morgan fingerprint density at radius 3 is 2.69 bits per heavy atom. The van der Waals surface area contributed by atoms with Crippen molar-refractivity contribution in [1.29, 1.82) is 0 Å². The molecule has 1 N–H and O–H groups in total. The van der Waals surface area contributed by atoms with Crippen LogP contribution in [0.1, 0.15) is 42.6 Å². The van der Waals surface area contributed by atoms with E-state index in [4.69, 9.17) is 18.9 Å². The molecular weight excluding hydrogens is 332 g/mol. The SMILES string of the molecule is CC(C)=CCc1c(O)ccc2c1OC[C@@H]1c3cc4c(cc3O[C@@H]21)OCO4. The van der Waals surface area contributed by atoms with Crippen molar-refractivity contribution in [2.75, 3.05) is 13.4 Å². The molecule has 0 unspecified atom stereocenters. The number of rotatable bonds is 2. The fourth-order valence-corrected chi connectivity index (χ4v) is 3.88. The molecule has 0 radical (unpaired) electrons. The molecule has 2 aromatic carbocycles. The Morgan fingerprint density at radius 1 is 1.08 bits per heavy atom. The second-order valence-electron chi connectivity index (χ2n) is 7.17. The first-order chi connectivity index (χ1) is 12.6. The number of fused-ring (bicyclic) bond motifs is 6. The molecule has 0 fully saturated rings. The van der Waals surface area contributed by atoms with E-state index in [2.05, 4.69) is 6.08 Å². The van der Waals surface area contributed by atoms with Gasteiger partial charge in [-0.2, -0.15) is 0 Å². The van der Waals surface area contributed by atoms with Gasteiger partial charge in [0.25, 0.3) is 0 Å². The monoisotopic (exact) mass is 352 g/mol. The third-order valence-electron chi connectivity index (χ3n) is 5.22. The van der Waals surface area contributed by atoms with E-state index in [1.165, 1.54) is 5.57 Å². The van der Waals surface area contributed by atoms with Gasteiger partial charge in [-0.05, 0) is 38.5 Å². The van der Waals surface area contributed by atoms with Gasteiger partial charge in [0, 0.05) is 22.8 Å². The van der Waals surface area contributed by atoms with Gasteiger partial charge in [0.05, 0.1) is 12.5 Å². The van der Waals surface area contributed by atoms with Crippen molar-refractivity contribution in [3.8, 4) is 28.7 Å². The average molecular weight is 352 g/mol. The lowest BCUT2D eigenvalue weighted by Gasteiger charge is -2.29. The van der Waals surface area contributed by atoms with Crippen LogP contribution in [0.4, 0.5) is 0 Å². The zero-order valence-electron chi connectivity index (χ0n) is 14.7. The van der Waals surface area contributed by atoms with Crippen LogP contribution in [0.2, 0.25) is 0 Å². The number of phenols is 1. The van der Waals surface area contributed by atoms with Gasteiger partial charge in [0.15, 0.2) is 11.5 Å². The predicted molar refractivity (Wildman–Crippen MR) is 95.4 cm³/mol. The Hall–Kier alpha value is -2.82. The molecule has 3 aliphatic heterocycles. The summed E-state index contributed by atoms with van der Waals surface area (Å²) in [5, 5.41) is 10.3. The summed E-state index contributed by atoms with van der Waals surface area (Å²) in [7, 11) is 0. The van der Waals surface area contributed by atoms with E-state index in [9.17, 15) is 5.11 Å². The average Bonchev–Trinajstić information content (AvgIpc) is 3.21. The first-order valence-corrected chi connectivity index (χ1v) is 8.83. The molecule has 3 heterocycles. The summed E-state index contributed by atoms with van der Waals surface area (Å²) in [5.41, 5.74) is 4.09. The first kappa shape index (κ1) is 15.4. The summed E-state index contributed by atoms with van der Waals surface area (Å²) >= 11 is 0. The maximum atomic E-state index is 10.3. The topological polar surface area (TPSA) is 57.2 Å². The van der Waals surface area contributed by atoms with E-state index >= 15 is 0 Å². The highest BCUT2D eigenvalue weighted by molar-refractivity contribution is 5.59. The van der Waals surface area contributed by atoms with Crippen molar-refractivity contribution in [2.45, 2.75) is 32.3 Å². The molecule has 0 spiro atoms. The highest BCUT2D eigenvalue weighted by Crippen LogP contribution is 2.55. The van der Waals surface area contributed by atoms with Crippen LogP contribution in [0.3, 0.4) is 0 Å². The van der Waals surface area contributed by atoms with Gasteiger partial charge < -0.3 is 24.1 Å². The highest BCUT2D eigenvalue weighted by Gasteiger charge is 2.42. The summed E-state index contributed by atoms with van der Waals surface area (Å²) in [6, 6.07) is 7.54. The van der Waals surface area contributed by atoms with Crippen molar-refractivity contribution in [3.63, 3.8) is 0 Å². The number of allylic oxidation sites excluding steroid dienone is 2. The molecule has 5 heteroatoms. The van der Waals surface area contributed by atoms with E-state index in [0.29, 0.717) is 13.0 Å². The molecule has 2 atom stereocenters. The molecule has 0 bridgehead atoms. The van der Waals surface area contributed by atoms with Crippen LogP contribution in [0.15, 0.2) is 35.9 Å². The highest BCUT2D eigenvalue weighted by atomic mass is 16.7. The molecule has 0 saturated heterocycles. The van der Waals surface area contributed by atoms with Crippen molar-refractivity contribution in [1.82, 2.24) is 0 Å². The fourth-order valence-electron chi connectivity index (χ4n) is 3.88. The minimum absolute atomic E-state index is 0.104. The molecule has 3 aliphatic rings. The second-order valence-corrected chi connectivity index (χ2v) is 7.17. The third kappa shape index (κ3) is 2.23. The lowest BCUT2D eigenvalue weighted by Crippen LogP contribution is -2.24. The van der Waals surface area contributed by atoms with Gasteiger partial charge in [-0.1, -0.05) is 11.6 Å². The smallest absolute Gasteiger partial charge is 0.231 e. The fraction of sp³-hybridized carbons (Fsp3) is 0.333. The standard InChI is InChI=1S/C21H20O5/c1-11(2)3-4-12-16(22)6-5-13-20(12)23-9-15-14-7-18-19(25-10-24-18)8-17(14)26-21(13)15/h3,5-8,15,21-22H,4,9-10H2,1-2H3/t15-,21+/m1/s1. The quantitative estimate of drug-likeness (QED) is 0.820. The molecule has 5 nitrogen and oxygen atoms in total. The zero-order valence-corrected chi connectivity index (χ0v) is 14.7. The number of hydrogen-bond acceptors (Lipinski definition) is 5. The van der Waals surface area contributed by atoms with E-state index in [0.717, 1.165) is 39.7 Å². The van der Waals surface area contributed by atoms with E-state index in [1.54, 1.807) is 6.07 Å². The van der Waals surface area contributed by atoms with Crippen molar-refractivity contribution < 1.29 is 24.1 Å². The number of benzene rings is 2. The van der Waals surface area contributed by atoms with Gasteiger partial charge in [0.2, 0.25) is 6.79 Å². The number of phenolic OH excluding ortho intramolecular Hbond substituents is 1. The van der Waals surface area contributed by atoms with E-state index in [-0.39, 0.29) is 24.6 Å². The lowest BCUT2D eigenvalue weighted by atomic mass is 9.87. The van der Waals surface area contributed by atoms with Crippen LogP contribution in [0.5, 0.6) is 28.7 Å². The molecule has 134 valence electrons. The molecule has 5 rings (SSSR count). The van der Waals surface area contributed by atoms with Crippen LogP contribution >= 0.6 is 0 Å². The van der Waals surface area contributed by atoms with Crippen molar-refractivity contribution >= 4 is 0 Å². The lowest BCUT2D eigenvalue weighted by molar-refractivity contribution is 0.137. The summed E-state index contributed by atoms with van der Waals surface area (Å²) in [5.74, 6) is 3.41. The van der Waals surface area contributed by atoms with Gasteiger partial charge in [0.1, 0.15) is 23.4 Å². The summed E-state index contributed by atoms with van der Waals surface area (Å²) in [6.45, 7) is 4.85. The molecular formula is C21H20O5. The number of ether oxygens (including phenoxy) is 4. The van der Waals surface area contributed by atoms with Gasteiger partial charge in [-0.3, -0.25) is 0 Å². The van der Waals surface area contributed by atoms with Gasteiger partial charge >= 0.3 is 0 Å². The minimum Gasteiger partial charge on any atom is -0.508 e. The number of hydrogen-bond donors (Lipinski definition) is 1. The molecule has 2 aromatic rings. The largest absolute Gasteiger partial charge is 0.508 e. The molecule has 0 amide bonds. The first-order valence-electron chi connectivity index (χ1n) is 8.83. The maximum Gasteiger partial charge on any atom is 0.231 e. The Bertz CT molecular complexity index is 926. The zero-order chi connectivity index (χ0) is 17.8. The third-order valence-corrected chi connectivity index (χ3v) is 5.22. The Labute approximate surface area is 151 Å². The minimum atomic E-state index is -0.123. The van der Waals surface area contributed by atoms with E-state index in [1.807, 2.05) is 32.0 Å². The Balaban J connectivity index is 1.55. The second kappa shape index (κ2) is 5.59. The van der Waals surface area contributed by atoms with E-state index < -0.39 is 0 Å². The van der Waals surface area contributed by atoms with Crippen molar-refractivity contribution in [3.05, 3.63) is 52.6 Å². The number of aromatic hydroxyl groups is 1. The molecule has 0 aromatic heterocycles. The van der Waals surface area contributed by atoms with Gasteiger partial charge in [-0.25, -0.2) is 0 Å². The van der Waals surface area contributed by atoms with Crippen LogP contribution in [0.25, 0.3) is 0 Å². The summed E-state index contributed by atoms with van der Waals surface area (Å²) in [6.07, 6.45) is 2.61. The maximum absolute atomic E-state index is 10.3. The van der Waals surface area contributed by atoms with Crippen LogP contribution in [0, 0.1) is 0 Å². The van der Waals surface area contributed by atoms with Crippen molar-refractivity contribution in [2.24, 2.45) is 0 Å². The van der Waals surface area contributed by atoms with Crippen LogP contribution < -0.4 is 18.9 Å². The van der Waals surface area contributed by atoms with Crippen LogP contribution in [-0.4, -0.2) is 18.5 Å². The predicted octanol–water partition coefficient (Wildman–Crippen LogP) is 4.24. The molecule has 0 aliphatic carbocycles. The summed E-state index contributed by atoms with van der Waals surface area (Å²) < 4.78 is 23.4. The van der Waals surface area contributed by atoms with Crippen LogP contribution in [-0.2, 0) is 6.42 Å². The Kier molecular flexibility index (Phi) is 3.32.